The second-order valence-corrected chi connectivity index (χ2v) is 6.26. The Balaban J connectivity index is 1.92. The summed E-state index contributed by atoms with van der Waals surface area (Å²) in [5, 5.41) is 0. The highest BCUT2D eigenvalue weighted by molar-refractivity contribution is 5.47. The summed E-state index contributed by atoms with van der Waals surface area (Å²) in [5.74, 6) is 7.84. The van der Waals surface area contributed by atoms with Crippen molar-refractivity contribution in [3.05, 3.63) is 17.1 Å². The largest absolute Gasteiger partial charge is 0.373 e. The molecular weight excluding hydrogens is 264 g/mol. The number of methoxy groups -OCH3 is 1. The molecule has 0 bridgehead atoms. The van der Waals surface area contributed by atoms with Crippen molar-refractivity contribution in [2.45, 2.75) is 63.9 Å². The number of ether oxygens (including phenoxy) is 1. The van der Waals surface area contributed by atoms with Gasteiger partial charge in [0.25, 0.3) is 0 Å². The maximum absolute atomic E-state index is 5.77. The van der Waals surface area contributed by atoms with Crippen molar-refractivity contribution >= 4 is 5.82 Å². The molecule has 0 amide bonds. The highest BCUT2D eigenvalue weighted by atomic mass is 16.5. The first-order valence-corrected chi connectivity index (χ1v) is 8.22. The molecule has 3 N–H and O–H groups in total. The van der Waals surface area contributed by atoms with Crippen LogP contribution in [-0.2, 0) is 17.6 Å². The molecule has 1 saturated carbocycles. The monoisotopic (exact) mass is 290 g/mol. The summed E-state index contributed by atoms with van der Waals surface area (Å²) in [6.07, 6.45) is 10.8. The summed E-state index contributed by atoms with van der Waals surface area (Å²) in [7, 11) is 1.78. The molecule has 1 atom stereocenters. The third kappa shape index (κ3) is 3.04. The number of nitrogens with zero attached hydrogens (tertiary/aromatic N) is 2. The predicted octanol–water partition coefficient (Wildman–Crippen LogP) is 2.91. The Morgan fingerprint density at radius 2 is 1.86 bits per heavy atom. The summed E-state index contributed by atoms with van der Waals surface area (Å²) in [5.41, 5.74) is 5.13. The van der Waals surface area contributed by atoms with Gasteiger partial charge in [-0.2, -0.15) is 0 Å². The standard InChI is InChI=1S/C16H26N4O/c1-21-14(11-7-3-2-4-8-11)16-18-13-10-6-5-9-12(13)15(19-16)20-17/h11,14H,2-10,17H2,1H3,(H,18,19,20). The first-order valence-electron chi connectivity index (χ1n) is 8.22. The van der Waals surface area contributed by atoms with Gasteiger partial charge in [-0.05, 0) is 44.4 Å². The number of nitrogens with one attached hydrogen (secondary N) is 1. The van der Waals surface area contributed by atoms with Crippen LogP contribution in [0.2, 0.25) is 0 Å². The molecule has 5 nitrogen and oxygen atoms in total. The van der Waals surface area contributed by atoms with Gasteiger partial charge in [0, 0.05) is 18.4 Å². The number of hydrogen-bond acceptors (Lipinski definition) is 5. The van der Waals surface area contributed by atoms with Crippen molar-refractivity contribution in [1.29, 1.82) is 0 Å². The number of anilines is 1. The topological polar surface area (TPSA) is 73.1 Å². The van der Waals surface area contributed by atoms with E-state index in [1.54, 1.807) is 7.11 Å². The van der Waals surface area contributed by atoms with Crippen molar-refractivity contribution in [1.82, 2.24) is 9.97 Å². The van der Waals surface area contributed by atoms with Gasteiger partial charge in [-0.25, -0.2) is 15.8 Å². The molecule has 2 aliphatic rings. The molecule has 1 aromatic heterocycles. The van der Waals surface area contributed by atoms with Gasteiger partial charge in [-0.1, -0.05) is 19.3 Å². The maximum atomic E-state index is 5.77. The summed E-state index contributed by atoms with van der Waals surface area (Å²) in [6.45, 7) is 0. The molecule has 0 aromatic carbocycles. The highest BCUT2D eigenvalue weighted by Gasteiger charge is 2.29. The van der Waals surface area contributed by atoms with Crippen molar-refractivity contribution < 1.29 is 4.74 Å². The number of nitrogen functional groups attached to an aromatic ring is 1. The minimum Gasteiger partial charge on any atom is -0.373 e. The van der Waals surface area contributed by atoms with E-state index in [-0.39, 0.29) is 6.10 Å². The van der Waals surface area contributed by atoms with E-state index in [4.69, 9.17) is 15.6 Å². The summed E-state index contributed by atoms with van der Waals surface area (Å²) in [6, 6.07) is 0. The van der Waals surface area contributed by atoms with Crippen molar-refractivity contribution in [3.63, 3.8) is 0 Å². The number of nitrogens with two attached hydrogens (primary N) is 1. The predicted molar refractivity (Wildman–Crippen MR) is 82.8 cm³/mol. The first kappa shape index (κ1) is 14.7. The van der Waals surface area contributed by atoms with Gasteiger partial charge < -0.3 is 10.2 Å². The average molecular weight is 290 g/mol. The lowest BCUT2D eigenvalue weighted by atomic mass is 9.84. The van der Waals surface area contributed by atoms with Crippen molar-refractivity contribution in [2.75, 3.05) is 12.5 Å². The van der Waals surface area contributed by atoms with Crippen LogP contribution in [0.3, 0.4) is 0 Å². The van der Waals surface area contributed by atoms with Crippen LogP contribution >= 0.6 is 0 Å². The summed E-state index contributed by atoms with van der Waals surface area (Å²) in [4.78, 5) is 9.52. The lowest BCUT2D eigenvalue weighted by Crippen LogP contribution is -2.24. The Morgan fingerprint density at radius 3 is 2.57 bits per heavy atom. The quantitative estimate of drug-likeness (QED) is 0.659. The maximum Gasteiger partial charge on any atom is 0.160 e. The number of fused-ring (bicyclic) bond motifs is 1. The second-order valence-electron chi connectivity index (χ2n) is 6.26. The van der Waals surface area contributed by atoms with E-state index in [1.165, 1.54) is 50.5 Å². The molecule has 21 heavy (non-hydrogen) atoms. The Hall–Kier alpha value is -1.20. The second kappa shape index (κ2) is 6.71. The van der Waals surface area contributed by atoms with Gasteiger partial charge in [0.05, 0.1) is 0 Å². The average Bonchev–Trinajstić information content (AvgIpc) is 2.56. The zero-order valence-electron chi connectivity index (χ0n) is 12.9. The van der Waals surface area contributed by atoms with Crippen LogP contribution in [0.5, 0.6) is 0 Å². The van der Waals surface area contributed by atoms with Gasteiger partial charge >= 0.3 is 0 Å². The van der Waals surface area contributed by atoms with E-state index < -0.39 is 0 Å². The van der Waals surface area contributed by atoms with Crippen LogP contribution in [-0.4, -0.2) is 17.1 Å². The fourth-order valence-electron chi connectivity index (χ4n) is 3.81. The third-order valence-corrected chi connectivity index (χ3v) is 4.92. The fraction of sp³-hybridized carbons (Fsp3) is 0.750. The molecule has 5 heteroatoms. The van der Waals surface area contributed by atoms with Crippen LogP contribution < -0.4 is 11.3 Å². The van der Waals surface area contributed by atoms with E-state index in [1.807, 2.05) is 0 Å². The van der Waals surface area contributed by atoms with Crippen LogP contribution in [0.4, 0.5) is 5.82 Å². The molecular formula is C16H26N4O. The molecule has 116 valence electrons. The number of aryl methyl sites for hydroxylation is 1. The van der Waals surface area contributed by atoms with Crippen LogP contribution in [0, 0.1) is 5.92 Å². The zero-order chi connectivity index (χ0) is 14.7. The molecule has 0 radical (unpaired) electrons. The van der Waals surface area contributed by atoms with Crippen LogP contribution in [0.15, 0.2) is 0 Å². The molecule has 1 unspecified atom stereocenters. The molecule has 0 saturated heterocycles. The van der Waals surface area contributed by atoms with Crippen molar-refractivity contribution in [2.24, 2.45) is 11.8 Å². The van der Waals surface area contributed by atoms with Gasteiger partial charge in [0.2, 0.25) is 0 Å². The normalized spacial score (nSPS) is 20.9. The van der Waals surface area contributed by atoms with Gasteiger partial charge in [-0.15, -0.1) is 0 Å². The van der Waals surface area contributed by atoms with E-state index in [0.29, 0.717) is 5.92 Å². The Bertz CT molecular complexity index is 468. The Morgan fingerprint density at radius 1 is 1.10 bits per heavy atom. The molecule has 2 aliphatic carbocycles. The van der Waals surface area contributed by atoms with Gasteiger partial charge in [0.15, 0.2) is 5.82 Å². The van der Waals surface area contributed by atoms with Crippen LogP contribution in [0.1, 0.15) is 68.1 Å². The summed E-state index contributed by atoms with van der Waals surface area (Å²) < 4.78 is 5.77. The van der Waals surface area contributed by atoms with Gasteiger partial charge in [-0.3, -0.25) is 0 Å². The lowest BCUT2D eigenvalue weighted by Gasteiger charge is -2.29. The first-order chi connectivity index (χ1) is 10.3. The molecule has 0 spiro atoms. The lowest BCUT2D eigenvalue weighted by molar-refractivity contribution is 0.0288. The fourth-order valence-corrected chi connectivity index (χ4v) is 3.81. The number of rotatable bonds is 4. The number of hydrogen-bond donors (Lipinski definition) is 2. The minimum atomic E-state index is 0.00428. The molecule has 1 fully saturated rings. The summed E-state index contributed by atoms with van der Waals surface area (Å²) >= 11 is 0. The molecule has 0 aliphatic heterocycles. The third-order valence-electron chi connectivity index (χ3n) is 4.92. The van der Waals surface area contributed by atoms with E-state index in [9.17, 15) is 0 Å². The smallest absolute Gasteiger partial charge is 0.160 e. The van der Waals surface area contributed by atoms with Crippen LogP contribution in [0.25, 0.3) is 0 Å². The molecule has 1 aromatic rings. The van der Waals surface area contributed by atoms with E-state index >= 15 is 0 Å². The molecule has 1 heterocycles. The number of hydrazine groups is 1. The number of aromatic nitrogens is 2. The molecule has 3 rings (SSSR count). The zero-order valence-corrected chi connectivity index (χ0v) is 12.9. The van der Waals surface area contributed by atoms with E-state index in [2.05, 4.69) is 10.4 Å². The van der Waals surface area contributed by atoms with Crippen molar-refractivity contribution in [3.8, 4) is 0 Å². The Labute approximate surface area is 126 Å². The minimum absolute atomic E-state index is 0.00428. The van der Waals surface area contributed by atoms with E-state index in [0.717, 1.165) is 30.2 Å². The highest BCUT2D eigenvalue weighted by Crippen LogP contribution is 2.36. The SMILES string of the molecule is COC(c1nc2c(c(NN)n1)CCCC2)C1CCCCC1. The Kier molecular flexibility index (Phi) is 4.70. The van der Waals surface area contributed by atoms with Gasteiger partial charge in [0.1, 0.15) is 11.9 Å².